The molecule has 0 amide bonds. The van der Waals surface area contributed by atoms with Crippen LogP contribution in [0.2, 0.25) is 0 Å². The van der Waals surface area contributed by atoms with Crippen molar-refractivity contribution in [2.45, 2.75) is 25.4 Å². The lowest BCUT2D eigenvalue weighted by Gasteiger charge is -2.27. The van der Waals surface area contributed by atoms with E-state index in [0.29, 0.717) is 6.10 Å². The van der Waals surface area contributed by atoms with Gasteiger partial charge in [-0.3, -0.25) is 0 Å². The quantitative estimate of drug-likeness (QED) is 0.900. The van der Waals surface area contributed by atoms with E-state index in [0.717, 1.165) is 49.4 Å². The zero-order valence-corrected chi connectivity index (χ0v) is 12.8. The molecule has 3 rings (SSSR count). The molecule has 0 unspecified atom stereocenters. The molecular weight excluding hydrogens is 304 g/mol. The van der Waals surface area contributed by atoms with Crippen LogP contribution in [0.25, 0.3) is 0 Å². The van der Waals surface area contributed by atoms with Gasteiger partial charge in [-0.05, 0) is 43.0 Å². The second-order valence-corrected chi connectivity index (χ2v) is 6.33. The highest BCUT2D eigenvalue weighted by atomic mass is 79.9. The van der Waals surface area contributed by atoms with Gasteiger partial charge in [0.1, 0.15) is 5.75 Å². The van der Waals surface area contributed by atoms with Crippen LogP contribution in [0.4, 0.5) is 0 Å². The smallest absolute Gasteiger partial charge is 0.123 e. The Labute approximate surface area is 123 Å². The lowest BCUT2D eigenvalue weighted by atomic mass is 10.1. The monoisotopic (exact) mass is 324 g/mol. The molecule has 1 heterocycles. The molecule has 104 valence electrons. The van der Waals surface area contributed by atoms with Gasteiger partial charge >= 0.3 is 0 Å². The topological polar surface area (TPSA) is 24.5 Å². The zero-order chi connectivity index (χ0) is 13.1. The number of piperazine rings is 1. The molecule has 1 saturated heterocycles. The van der Waals surface area contributed by atoms with Gasteiger partial charge in [-0.25, -0.2) is 0 Å². The van der Waals surface area contributed by atoms with E-state index in [-0.39, 0.29) is 0 Å². The van der Waals surface area contributed by atoms with Crippen molar-refractivity contribution in [3.63, 3.8) is 0 Å². The molecule has 0 bridgehead atoms. The molecule has 0 atom stereocenters. The molecule has 19 heavy (non-hydrogen) atoms. The van der Waals surface area contributed by atoms with Gasteiger partial charge in [-0.1, -0.05) is 15.9 Å². The molecule has 1 aliphatic carbocycles. The number of nitrogens with zero attached hydrogens (tertiary/aromatic N) is 1. The SMILES string of the molecule is Brc1ccc(OC2CC2)c(CCN2CCNCC2)c1. The predicted molar refractivity (Wildman–Crippen MR) is 80.8 cm³/mol. The minimum Gasteiger partial charge on any atom is -0.490 e. The third-order valence-corrected chi connectivity index (χ3v) is 4.24. The fourth-order valence-electron chi connectivity index (χ4n) is 2.44. The van der Waals surface area contributed by atoms with E-state index in [1.54, 1.807) is 0 Å². The summed E-state index contributed by atoms with van der Waals surface area (Å²) in [5, 5.41) is 3.39. The van der Waals surface area contributed by atoms with E-state index in [2.05, 4.69) is 44.3 Å². The lowest BCUT2D eigenvalue weighted by molar-refractivity contribution is 0.241. The van der Waals surface area contributed by atoms with Crippen molar-refractivity contribution in [1.82, 2.24) is 10.2 Å². The Morgan fingerprint density at radius 1 is 1.26 bits per heavy atom. The maximum Gasteiger partial charge on any atom is 0.123 e. The van der Waals surface area contributed by atoms with Crippen LogP contribution >= 0.6 is 15.9 Å². The minimum atomic E-state index is 0.471. The summed E-state index contributed by atoms with van der Waals surface area (Å²) in [4.78, 5) is 2.53. The summed E-state index contributed by atoms with van der Waals surface area (Å²) < 4.78 is 7.14. The molecule has 1 aliphatic heterocycles. The van der Waals surface area contributed by atoms with E-state index < -0.39 is 0 Å². The molecular formula is C15H21BrN2O. The fourth-order valence-corrected chi connectivity index (χ4v) is 2.85. The van der Waals surface area contributed by atoms with Crippen LogP contribution in [0.3, 0.4) is 0 Å². The highest BCUT2D eigenvalue weighted by Crippen LogP contribution is 2.31. The molecule has 0 aromatic heterocycles. The third-order valence-electron chi connectivity index (χ3n) is 3.75. The first-order valence-corrected chi connectivity index (χ1v) is 7.99. The normalized spacial score (nSPS) is 20.5. The summed E-state index contributed by atoms with van der Waals surface area (Å²) >= 11 is 3.57. The molecule has 3 nitrogen and oxygen atoms in total. The first-order valence-electron chi connectivity index (χ1n) is 7.19. The number of hydrogen-bond donors (Lipinski definition) is 1. The van der Waals surface area contributed by atoms with Gasteiger partial charge in [0.15, 0.2) is 0 Å². The number of nitrogens with one attached hydrogen (secondary N) is 1. The van der Waals surface area contributed by atoms with Crippen molar-refractivity contribution >= 4 is 15.9 Å². The van der Waals surface area contributed by atoms with Crippen molar-refractivity contribution in [2.75, 3.05) is 32.7 Å². The summed E-state index contributed by atoms with van der Waals surface area (Å²) in [6.07, 6.45) is 3.97. The molecule has 4 heteroatoms. The van der Waals surface area contributed by atoms with Crippen molar-refractivity contribution in [3.05, 3.63) is 28.2 Å². The Kier molecular flexibility index (Phi) is 4.41. The van der Waals surface area contributed by atoms with Crippen LogP contribution < -0.4 is 10.1 Å². The Morgan fingerprint density at radius 3 is 2.79 bits per heavy atom. The van der Waals surface area contributed by atoms with Gasteiger partial charge in [-0.15, -0.1) is 0 Å². The van der Waals surface area contributed by atoms with Crippen LogP contribution in [0, 0.1) is 0 Å². The van der Waals surface area contributed by atoms with Crippen molar-refractivity contribution in [1.29, 1.82) is 0 Å². The van der Waals surface area contributed by atoms with Crippen LogP contribution in [0.5, 0.6) is 5.75 Å². The first kappa shape index (κ1) is 13.4. The summed E-state index contributed by atoms with van der Waals surface area (Å²) in [7, 11) is 0. The summed E-state index contributed by atoms with van der Waals surface area (Å²) in [6.45, 7) is 5.67. The van der Waals surface area contributed by atoms with Crippen LogP contribution in [-0.4, -0.2) is 43.7 Å². The fraction of sp³-hybridized carbons (Fsp3) is 0.600. The number of ether oxygens (including phenoxy) is 1. The number of rotatable bonds is 5. The van der Waals surface area contributed by atoms with Crippen molar-refractivity contribution < 1.29 is 4.74 Å². The molecule has 2 aliphatic rings. The standard InChI is InChI=1S/C15H21BrN2O/c16-13-1-4-15(19-14-2-3-14)12(11-13)5-8-18-9-6-17-7-10-18/h1,4,11,14,17H,2-3,5-10H2. The first-order chi connectivity index (χ1) is 9.31. The van der Waals surface area contributed by atoms with E-state index in [4.69, 9.17) is 4.74 Å². The van der Waals surface area contributed by atoms with Gasteiger partial charge in [0.2, 0.25) is 0 Å². The summed E-state index contributed by atoms with van der Waals surface area (Å²) in [5.74, 6) is 1.08. The highest BCUT2D eigenvalue weighted by Gasteiger charge is 2.24. The highest BCUT2D eigenvalue weighted by molar-refractivity contribution is 9.10. The predicted octanol–water partition coefficient (Wildman–Crippen LogP) is 2.44. The molecule has 0 spiro atoms. The van der Waals surface area contributed by atoms with Crippen LogP contribution in [-0.2, 0) is 6.42 Å². The molecule has 1 aromatic carbocycles. The third kappa shape index (κ3) is 3.94. The lowest BCUT2D eigenvalue weighted by Crippen LogP contribution is -2.44. The molecule has 0 radical (unpaired) electrons. The van der Waals surface area contributed by atoms with E-state index >= 15 is 0 Å². The van der Waals surface area contributed by atoms with E-state index in [1.165, 1.54) is 18.4 Å². The Hall–Kier alpha value is -0.580. The molecule has 1 N–H and O–H groups in total. The largest absolute Gasteiger partial charge is 0.490 e. The summed E-state index contributed by atoms with van der Waals surface area (Å²) in [6, 6.07) is 6.39. The zero-order valence-electron chi connectivity index (χ0n) is 11.2. The van der Waals surface area contributed by atoms with Crippen molar-refractivity contribution in [2.24, 2.45) is 0 Å². The molecule has 2 fully saturated rings. The molecule has 1 aromatic rings. The van der Waals surface area contributed by atoms with E-state index in [1.807, 2.05) is 0 Å². The average molecular weight is 325 g/mol. The second-order valence-electron chi connectivity index (χ2n) is 5.41. The number of benzene rings is 1. The van der Waals surface area contributed by atoms with Crippen molar-refractivity contribution in [3.8, 4) is 5.75 Å². The maximum absolute atomic E-state index is 6.00. The number of halogens is 1. The Bertz CT molecular complexity index is 428. The average Bonchev–Trinajstić information content (AvgIpc) is 3.24. The van der Waals surface area contributed by atoms with E-state index in [9.17, 15) is 0 Å². The van der Waals surface area contributed by atoms with Crippen LogP contribution in [0.15, 0.2) is 22.7 Å². The second kappa shape index (κ2) is 6.25. The van der Waals surface area contributed by atoms with Gasteiger partial charge in [0, 0.05) is 37.2 Å². The van der Waals surface area contributed by atoms with Gasteiger partial charge in [0.05, 0.1) is 6.10 Å². The number of hydrogen-bond acceptors (Lipinski definition) is 3. The van der Waals surface area contributed by atoms with Gasteiger partial charge in [0.25, 0.3) is 0 Å². The summed E-state index contributed by atoms with van der Waals surface area (Å²) in [5.41, 5.74) is 1.33. The Balaban J connectivity index is 1.62. The molecule has 1 saturated carbocycles. The van der Waals surface area contributed by atoms with Crippen LogP contribution in [0.1, 0.15) is 18.4 Å². The minimum absolute atomic E-state index is 0.471. The van der Waals surface area contributed by atoms with Gasteiger partial charge < -0.3 is 15.0 Å². The Morgan fingerprint density at radius 2 is 2.05 bits per heavy atom. The van der Waals surface area contributed by atoms with Gasteiger partial charge in [-0.2, -0.15) is 0 Å². The maximum atomic E-state index is 6.00.